The largest absolute Gasteiger partial charge is 0.351 e. The minimum atomic E-state index is -0.334. The lowest BCUT2D eigenvalue weighted by Crippen LogP contribution is -2.25. The van der Waals surface area contributed by atoms with Crippen LogP contribution in [0, 0.1) is 0 Å². The molecule has 0 radical (unpaired) electrons. The molecule has 0 unspecified atom stereocenters. The maximum Gasteiger partial charge on any atom is 0.324 e. The summed E-state index contributed by atoms with van der Waals surface area (Å²) in [7, 11) is 1.87. The van der Waals surface area contributed by atoms with Crippen molar-refractivity contribution in [3.63, 3.8) is 0 Å². The first-order valence-corrected chi connectivity index (χ1v) is 8.16. The molecule has 0 fully saturated rings. The highest BCUT2D eigenvalue weighted by Crippen LogP contribution is 2.22. The van der Waals surface area contributed by atoms with Crippen LogP contribution in [0.4, 0.5) is 15.5 Å². The van der Waals surface area contributed by atoms with Crippen LogP contribution in [0.3, 0.4) is 0 Å². The van der Waals surface area contributed by atoms with Gasteiger partial charge in [-0.2, -0.15) is 0 Å². The van der Waals surface area contributed by atoms with Crippen molar-refractivity contribution in [2.24, 2.45) is 0 Å². The Kier molecular flexibility index (Phi) is 6.58. The third-order valence-corrected chi connectivity index (χ3v) is 3.99. The van der Waals surface area contributed by atoms with Crippen molar-refractivity contribution in [1.82, 2.24) is 10.6 Å². The summed E-state index contributed by atoms with van der Waals surface area (Å²) >= 11 is 1.24. The fraction of sp³-hybridized carbons (Fsp3) is 0.250. The van der Waals surface area contributed by atoms with Gasteiger partial charge < -0.3 is 16.0 Å². The smallest absolute Gasteiger partial charge is 0.324 e. The predicted octanol–water partition coefficient (Wildman–Crippen LogP) is 2.73. The number of nitrogens with one attached hydrogen (secondary N) is 4. The summed E-state index contributed by atoms with van der Waals surface area (Å²) in [6.07, 6.45) is 0.873. The number of amides is 3. The Morgan fingerprint density at radius 2 is 1.78 bits per heavy atom. The average molecular weight is 332 g/mol. The molecule has 0 aliphatic carbocycles. The molecule has 0 atom stereocenters. The number of hydrogen-bond donors (Lipinski definition) is 4. The van der Waals surface area contributed by atoms with Crippen molar-refractivity contribution in [2.75, 3.05) is 30.8 Å². The van der Waals surface area contributed by atoms with Crippen LogP contribution in [0.2, 0.25) is 0 Å². The Morgan fingerprint density at radius 3 is 2.52 bits per heavy atom. The molecule has 122 valence electrons. The summed E-state index contributed by atoms with van der Waals surface area (Å²) in [6, 6.07) is 12.3. The second-order valence-electron chi connectivity index (χ2n) is 4.82. The van der Waals surface area contributed by atoms with Gasteiger partial charge in [-0.3, -0.25) is 10.1 Å². The first-order valence-electron chi connectivity index (χ1n) is 7.34. The molecule has 3 amide bonds. The fourth-order valence-electron chi connectivity index (χ4n) is 1.88. The van der Waals surface area contributed by atoms with Gasteiger partial charge >= 0.3 is 6.03 Å². The van der Waals surface area contributed by atoms with Crippen LogP contribution in [-0.2, 0) is 0 Å². The van der Waals surface area contributed by atoms with Crippen LogP contribution < -0.4 is 21.3 Å². The molecular weight excluding hydrogens is 312 g/mol. The van der Waals surface area contributed by atoms with E-state index in [2.05, 4.69) is 21.3 Å². The van der Waals surface area contributed by atoms with Crippen LogP contribution in [-0.4, -0.2) is 32.1 Å². The molecule has 0 aliphatic heterocycles. The summed E-state index contributed by atoms with van der Waals surface area (Å²) in [5.74, 6) is -0.123. The molecule has 23 heavy (non-hydrogen) atoms. The average Bonchev–Trinajstić information content (AvgIpc) is 3.00. The van der Waals surface area contributed by atoms with Gasteiger partial charge in [0.15, 0.2) is 0 Å². The molecule has 2 rings (SSSR count). The van der Waals surface area contributed by atoms with Crippen LogP contribution in [0.5, 0.6) is 0 Å². The first-order chi connectivity index (χ1) is 11.2. The molecule has 0 bridgehead atoms. The van der Waals surface area contributed by atoms with E-state index in [1.165, 1.54) is 11.3 Å². The van der Waals surface area contributed by atoms with Gasteiger partial charge in [0.1, 0.15) is 0 Å². The highest BCUT2D eigenvalue weighted by atomic mass is 32.1. The van der Waals surface area contributed by atoms with Crippen LogP contribution >= 0.6 is 11.3 Å². The topological polar surface area (TPSA) is 82.3 Å². The number of carbonyl (C=O) groups is 2. The van der Waals surface area contributed by atoms with Gasteiger partial charge in [0.25, 0.3) is 5.91 Å². The predicted molar refractivity (Wildman–Crippen MR) is 94.3 cm³/mol. The van der Waals surface area contributed by atoms with E-state index in [1.54, 1.807) is 24.3 Å². The van der Waals surface area contributed by atoms with E-state index in [0.717, 1.165) is 13.0 Å². The molecule has 0 aliphatic rings. The molecule has 0 saturated heterocycles. The zero-order valence-electron chi connectivity index (χ0n) is 12.9. The number of thiophene rings is 1. The zero-order valence-corrected chi connectivity index (χ0v) is 13.7. The number of hydrogen-bond acceptors (Lipinski definition) is 4. The van der Waals surface area contributed by atoms with Crippen molar-refractivity contribution in [2.45, 2.75) is 6.42 Å². The van der Waals surface area contributed by atoms with Crippen molar-refractivity contribution in [3.05, 3.63) is 47.3 Å². The van der Waals surface area contributed by atoms with Crippen LogP contribution in [0.1, 0.15) is 16.1 Å². The van der Waals surface area contributed by atoms with Gasteiger partial charge in [-0.05, 0) is 44.3 Å². The number of urea groups is 1. The van der Waals surface area contributed by atoms with E-state index in [1.807, 2.05) is 25.2 Å². The molecular formula is C16H20N4O2S. The summed E-state index contributed by atoms with van der Waals surface area (Å²) in [6.45, 7) is 1.48. The minimum Gasteiger partial charge on any atom is -0.351 e. The molecule has 1 aromatic heterocycles. The molecule has 1 aromatic carbocycles. The highest BCUT2D eigenvalue weighted by Gasteiger charge is 2.10. The number of benzene rings is 1. The quantitative estimate of drug-likeness (QED) is 0.588. The Labute approximate surface area is 139 Å². The standard InChI is InChI=1S/C16H20N4O2S/c1-17-10-5-11-18-15(21)13-8-9-14(23-13)20-16(22)19-12-6-3-2-4-7-12/h2-4,6-9,17H,5,10-11H2,1H3,(H,18,21)(H2,19,20,22). The van der Waals surface area contributed by atoms with Gasteiger partial charge in [-0.1, -0.05) is 18.2 Å². The summed E-state index contributed by atoms with van der Waals surface area (Å²) in [4.78, 5) is 24.4. The zero-order chi connectivity index (χ0) is 16.5. The lowest BCUT2D eigenvalue weighted by molar-refractivity contribution is 0.0957. The normalized spacial score (nSPS) is 10.1. The van der Waals surface area contributed by atoms with E-state index in [-0.39, 0.29) is 11.9 Å². The van der Waals surface area contributed by atoms with Gasteiger partial charge in [0, 0.05) is 12.2 Å². The monoisotopic (exact) mass is 332 g/mol. The Morgan fingerprint density at radius 1 is 1.00 bits per heavy atom. The SMILES string of the molecule is CNCCCNC(=O)c1ccc(NC(=O)Nc2ccccc2)s1. The first kappa shape index (κ1) is 17.0. The van der Waals surface area contributed by atoms with Crippen molar-refractivity contribution < 1.29 is 9.59 Å². The van der Waals surface area contributed by atoms with Crippen LogP contribution in [0.15, 0.2) is 42.5 Å². The van der Waals surface area contributed by atoms with Gasteiger partial charge in [-0.25, -0.2) is 4.79 Å². The molecule has 4 N–H and O–H groups in total. The van der Waals surface area contributed by atoms with Gasteiger partial charge in [0.2, 0.25) is 0 Å². The summed E-state index contributed by atoms with van der Waals surface area (Å²) in [5, 5.41) is 11.9. The third kappa shape index (κ3) is 5.72. The fourth-order valence-corrected chi connectivity index (χ4v) is 2.69. The number of anilines is 2. The van der Waals surface area contributed by atoms with E-state index in [4.69, 9.17) is 0 Å². The second-order valence-corrected chi connectivity index (χ2v) is 5.91. The molecule has 6 nitrogen and oxygen atoms in total. The third-order valence-electron chi connectivity index (χ3n) is 2.99. The number of para-hydroxylation sites is 1. The molecule has 0 saturated carbocycles. The van der Waals surface area contributed by atoms with Crippen molar-refractivity contribution in [1.29, 1.82) is 0 Å². The minimum absolute atomic E-state index is 0.123. The molecule has 1 heterocycles. The number of carbonyl (C=O) groups excluding carboxylic acids is 2. The molecule has 7 heteroatoms. The molecule has 2 aromatic rings. The maximum atomic E-state index is 11.9. The Balaban J connectivity index is 1.82. The molecule has 0 spiro atoms. The van der Waals surface area contributed by atoms with Gasteiger partial charge in [-0.15, -0.1) is 11.3 Å². The lowest BCUT2D eigenvalue weighted by atomic mass is 10.3. The van der Waals surface area contributed by atoms with Crippen molar-refractivity contribution in [3.8, 4) is 0 Å². The lowest BCUT2D eigenvalue weighted by Gasteiger charge is -2.05. The summed E-state index contributed by atoms with van der Waals surface area (Å²) < 4.78 is 0. The van der Waals surface area contributed by atoms with E-state index in [0.29, 0.717) is 22.1 Å². The summed E-state index contributed by atoms with van der Waals surface area (Å²) in [5.41, 5.74) is 0.712. The second kappa shape index (κ2) is 8.92. The Bertz CT molecular complexity index is 643. The van der Waals surface area contributed by atoms with E-state index >= 15 is 0 Å². The van der Waals surface area contributed by atoms with Crippen molar-refractivity contribution >= 4 is 34.0 Å². The Hall–Kier alpha value is -2.38. The highest BCUT2D eigenvalue weighted by molar-refractivity contribution is 7.18. The van der Waals surface area contributed by atoms with Crippen LogP contribution in [0.25, 0.3) is 0 Å². The number of rotatable bonds is 7. The van der Waals surface area contributed by atoms with Gasteiger partial charge in [0.05, 0.1) is 9.88 Å². The van der Waals surface area contributed by atoms with E-state index < -0.39 is 0 Å². The maximum absolute atomic E-state index is 11.9. The van der Waals surface area contributed by atoms with E-state index in [9.17, 15) is 9.59 Å².